The third-order valence-corrected chi connectivity index (χ3v) is 3.06. The van der Waals surface area contributed by atoms with Crippen molar-refractivity contribution in [2.45, 2.75) is 0 Å². The van der Waals surface area contributed by atoms with Crippen molar-refractivity contribution in [2.75, 3.05) is 14.2 Å². The van der Waals surface area contributed by atoms with Crippen molar-refractivity contribution < 1.29 is 23.5 Å². The third kappa shape index (κ3) is 3.76. The van der Waals surface area contributed by atoms with Gasteiger partial charge >= 0.3 is 0 Å². The topological polar surface area (TPSA) is 76.7 Å². The lowest BCUT2D eigenvalue weighted by atomic mass is 10.2. The van der Waals surface area contributed by atoms with Crippen molar-refractivity contribution in [3.05, 3.63) is 59.4 Å². The lowest BCUT2D eigenvalue weighted by Crippen LogP contribution is -2.42. The van der Waals surface area contributed by atoms with Gasteiger partial charge in [-0.3, -0.25) is 20.4 Å². The number of amides is 2. The van der Waals surface area contributed by atoms with Gasteiger partial charge in [-0.05, 0) is 24.3 Å². The van der Waals surface area contributed by atoms with Gasteiger partial charge in [-0.15, -0.1) is 0 Å². The minimum Gasteiger partial charge on any atom is -0.497 e. The summed E-state index contributed by atoms with van der Waals surface area (Å²) in [6, 6.07) is 10.1. The minimum absolute atomic E-state index is 0.172. The van der Waals surface area contributed by atoms with Crippen LogP contribution in [0.4, 0.5) is 4.39 Å². The van der Waals surface area contributed by atoms with E-state index in [1.54, 1.807) is 6.07 Å². The van der Waals surface area contributed by atoms with Crippen LogP contribution in [0.2, 0.25) is 0 Å². The molecule has 0 atom stereocenters. The summed E-state index contributed by atoms with van der Waals surface area (Å²) in [6.45, 7) is 0. The summed E-state index contributed by atoms with van der Waals surface area (Å²) in [6.07, 6.45) is 0. The Balaban J connectivity index is 2.08. The zero-order chi connectivity index (χ0) is 16.8. The predicted octanol–water partition coefficient (Wildman–Crippen LogP) is 1.92. The maximum Gasteiger partial charge on any atom is 0.273 e. The third-order valence-electron chi connectivity index (χ3n) is 3.06. The van der Waals surface area contributed by atoms with Crippen molar-refractivity contribution in [2.24, 2.45) is 0 Å². The first-order valence-electron chi connectivity index (χ1n) is 6.64. The fraction of sp³-hybridized carbons (Fsp3) is 0.125. The SMILES string of the molecule is COc1ccc(C(=O)NNC(=O)c2ccccc2F)c(OC)c1. The summed E-state index contributed by atoms with van der Waals surface area (Å²) >= 11 is 0. The van der Waals surface area contributed by atoms with Crippen LogP contribution in [0, 0.1) is 5.82 Å². The fourth-order valence-corrected chi connectivity index (χ4v) is 1.88. The molecule has 0 aliphatic carbocycles. The molecule has 0 fully saturated rings. The normalized spacial score (nSPS) is 9.87. The van der Waals surface area contributed by atoms with E-state index in [9.17, 15) is 14.0 Å². The first-order valence-corrected chi connectivity index (χ1v) is 6.64. The van der Waals surface area contributed by atoms with E-state index in [2.05, 4.69) is 10.9 Å². The lowest BCUT2D eigenvalue weighted by molar-refractivity contribution is 0.0842. The average Bonchev–Trinajstić information content (AvgIpc) is 2.59. The Bertz CT molecular complexity index is 734. The van der Waals surface area contributed by atoms with E-state index in [1.165, 1.54) is 44.6 Å². The second-order valence-electron chi connectivity index (χ2n) is 4.45. The van der Waals surface area contributed by atoms with E-state index in [4.69, 9.17) is 9.47 Å². The Labute approximate surface area is 132 Å². The number of nitrogens with one attached hydrogen (secondary N) is 2. The van der Waals surface area contributed by atoms with Crippen LogP contribution in [0.25, 0.3) is 0 Å². The summed E-state index contributed by atoms with van der Waals surface area (Å²) in [7, 11) is 2.90. The average molecular weight is 318 g/mol. The van der Waals surface area contributed by atoms with E-state index in [-0.39, 0.29) is 16.9 Å². The molecule has 120 valence electrons. The number of hydrazine groups is 1. The van der Waals surface area contributed by atoms with Crippen LogP contribution in [0.3, 0.4) is 0 Å². The molecular weight excluding hydrogens is 303 g/mol. The van der Waals surface area contributed by atoms with Crippen molar-refractivity contribution in [3.8, 4) is 11.5 Å². The van der Waals surface area contributed by atoms with E-state index >= 15 is 0 Å². The zero-order valence-electron chi connectivity index (χ0n) is 12.6. The van der Waals surface area contributed by atoms with E-state index in [0.717, 1.165) is 6.07 Å². The van der Waals surface area contributed by atoms with Crippen LogP contribution in [-0.2, 0) is 0 Å². The maximum atomic E-state index is 13.5. The fourth-order valence-electron chi connectivity index (χ4n) is 1.88. The molecule has 0 aromatic heterocycles. The Kier molecular flexibility index (Phi) is 5.14. The molecule has 2 amide bonds. The molecule has 2 rings (SSSR count). The highest BCUT2D eigenvalue weighted by molar-refractivity contribution is 6.00. The van der Waals surface area contributed by atoms with Crippen LogP contribution < -0.4 is 20.3 Å². The number of rotatable bonds is 4. The van der Waals surface area contributed by atoms with Crippen LogP contribution >= 0.6 is 0 Å². The van der Waals surface area contributed by atoms with Gasteiger partial charge in [-0.1, -0.05) is 12.1 Å². The van der Waals surface area contributed by atoms with Gasteiger partial charge in [-0.2, -0.15) is 0 Å². The monoisotopic (exact) mass is 318 g/mol. The van der Waals surface area contributed by atoms with Crippen molar-refractivity contribution >= 4 is 11.8 Å². The molecule has 2 N–H and O–H groups in total. The van der Waals surface area contributed by atoms with Crippen LogP contribution in [0.1, 0.15) is 20.7 Å². The predicted molar refractivity (Wildman–Crippen MR) is 80.9 cm³/mol. The second kappa shape index (κ2) is 7.26. The number of methoxy groups -OCH3 is 2. The molecule has 0 radical (unpaired) electrons. The Morgan fingerprint density at radius 2 is 1.57 bits per heavy atom. The van der Waals surface area contributed by atoms with Crippen LogP contribution in [0.5, 0.6) is 11.5 Å². The van der Waals surface area contributed by atoms with Crippen LogP contribution in [-0.4, -0.2) is 26.0 Å². The van der Waals surface area contributed by atoms with Gasteiger partial charge in [0.25, 0.3) is 11.8 Å². The van der Waals surface area contributed by atoms with E-state index in [1.807, 2.05) is 0 Å². The number of carbonyl (C=O) groups excluding carboxylic acids is 2. The number of carbonyl (C=O) groups is 2. The summed E-state index contributed by atoms with van der Waals surface area (Å²) in [5, 5.41) is 0. The molecule has 0 heterocycles. The molecule has 6 nitrogen and oxygen atoms in total. The first-order chi connectivity index (χ1) is 11.1. The molecule has 0 saturated carbocycles. The van der Waals surface area contributed by atoms with Crippen LogP contribution in [0.15, 0.2) is 42.5 Å². The highest BCUT2D eigenvalue weighted by atomic mass is 19.1. The molecule has 0 unspecified atom stereocenters. The number of benzene rings is 2. The second-order valence-corrected chi connectivity index (χ2v) is 4.45. The van der Waals surface area contributed by atoms with E-state index in [0.29, 0.717) is 5.75 Å². The highest BCUT2D eigenvalue weighted by Gasteiger charge is 2.16. The zero-order valence-corrected chi connectivity index (χ0v) is 12.6. The summed E-state index contributed by atoms with van der Waals surface area (Å²) in [5.74, 6) is -1.24. The summed E-state index contributed by atoms with van der Waals surface area (Å²) in [5.41, 5.74) is 4.39. The number of ether oxygens (including phenoxy) is 2. The first kappa shape index (κ1) is 16.3. The van der Waals surface area contributed by atoms with Crippen molar-refractivity contribution in [1.29, 1.82) is 0 Å². The van der Waals surface area contributed by atoms with E-state index < -0.39 is 17.6 Å². The molecular formula is C16H15FN2O4. The van der Waals surface area contributed by atoms with Gasteiger partial charge in [0.2, 0.25) is 0 Å². The largest absolute Gasteiger partial charge is 0.497 e. The standard InChI is InChI=1S/C16H15FN2O4/c1-22-10-7-8-12(14(9-10)23-2)16(21)19-18-15(20)11-5-3-4-6-13(11)17/h3-9H,1-2H3,(H,18,20)(H,19,21). The lowest BCUT2D eigenvalue weighted by Gasteiger charge is -2.11. The Hall–Kier alpha value is -3.09. The summed E-state index contributed by atoms with van der Waals surface area (Å²) < 4.78 is 23.6. The van der Waals surface area contributed by atoms with Gasteiger partial charge < -0.3 is 9.47 Å². The summed E-state index contributed by atoms with van der Waals surface area (Å²) in [4.78, 5) is 23.9. The molecule has 2 aromatic rings. The molecule has 0 aliphatic rings. The minimum atomic E-state index is -0.760. The quantitative estimate of drug-likeness (QED) is 0.845. The molecule has 7 heteroatoms. The molecule has 0 spiro atoms. The van der Waals surface area contributed by atoms with Gasteiger partial charge in [0.15, 0.2) is 0 Å². The van der Waals surface area contributed by atoms with Gasteiger partial charge in [0.1, 0.15) is 17.3 Å². The van der Waals surface area contributed by atoms with Crippen molar-refractivity contribution in [1.82, 2.24) is 10.9 Å². The maximum absolute atomic E-state index is 13.5. The molecule has 23 heavy (non-hydrogen) atoms. The number of hydrogen-bond acceptors (Lipinski definition) is 4. The highest BCUT2D eigenvalue weighted by Crippen LogP contribution is 2.24. The molecule has 0 bridgehead atoms. The van der Waals surface area contributed by atoms with Crippen molar-refractivity contribution in [3.63, 3.8) is 0 Å². The Morgan fingerprint density at radius 1 is 0.913 bits per heavy atom. The van der Waals surface area contributed by atoms with Gasteiger partial charge in [-0.25, -0.2) is 4.39 Å². The van der Waals surface area contributed by atoms with Gasteiger partial charge in [0, 0.05) is 6.07 Å². The number of hydrogen-bond donors (Lipinski definition) is 2. The molecule has 0 aliphatic heterocycles. The Morgan fingerprint density at radius 3 is 2.17 bits per heavy atom. The molecule has 0 saturated heterocycles. The smallest absolute Gasteiger partial charge is 0.273 e. The molecule has 2 aromatic carbocycles. The number of halogens is 1. The van der Waals surface area contributed by atoms with Gasteiger partial charge in [0.05, 0.1) is 25.3 Å².